The standard InChI is InChI=1S/2C18H26O3/c1-4-6-7-15(5-2)14-21-18(19)13-10-16-8-11-17(20-3)12-9-16;1-3-4-5-6-7-8-13-21-17(18(19)20)14-16-11-9-15(2)10-12-16/h8-13,15H,4-7,14H2,1-3H3;9-12,14H,3-8,13H2,1-2H3,(H,19,20). The van der Waals surface area contributed by atoms with E-state index < -0.39 is 5.97 Å². The van der Waals surface area contributed by atoms with E-state index in [9.17, 15) is 9.59 Å². The fourth-order valence-electron chi connectivity index (χ4n) is 4.07. The lowest BCUT2D eigenvalue weighted by Gasteiger charge is -2.13. The van der Waals surface area contributed by atoms with E-state index in [2.05, 4.69) is 20.8 Å². The third-order valence-corrected chi connectivity index (χ3v) is 6.87. The molecule has 2 rings (SSSR count). The number of carbonyl (C=O) groups excluding carboxylic acids is 1. The molecule has 2 aromatic rings. The van der Waals surface area contributed by atoms with Crippen molar-refractivity contribution in [2.24, 2.45) is 5.92 Å². The van der Waals surface area contributed by atoms with Crippen LogP contribution in [0.3, 0.4) is 0 Å². The molecular formula is C36H52O6. The Kier molecular flexibility index (Phi) is 20.0. The van der Waals surface area contributed by atoms with E-state index in [0.29, 0.717) is 19.1 Å². The number of carboxylic acid groups (broad SMARTS) is 1. The number of rotatable bonds is 19. The minimum Gasteiger partial charge on any atom is -0.497 e. The summed E-state index contributed by atoms with van der Waals surface area (Å²) in [4.78, 5) is 22.9. The molecule has 2 aromatic carbocycles. The highest BCUT2D eigenvalue weighted by Gasteiger charge is 2.09. The van der Waals surface area contributed by atoms with Crippen LogP contribution in [0.25, 0.3) is 12.2 Å². The smallest absolute Gasteiger partial charge is 0.371 e. The third-order valence-electron chi connectivity index (χ3n) is 6.87. The van der Waals surface area contributed by atoms with Crippen molar-refractivity contribution in [3.05, 3.63) is 77.1 Å². The molecule has 0 saturated carbocycles. The molecule has 0 saturated heterocycles. The molecule has 0 aliphatic rings. The number of esters is 1. The second-order valence-corrected chi connectivity index (χ2v) is 10.5. The van der Waals surface area contributed by atoms with Crippen molar-refractivity contribution in [3.8, 4) is 5.75 Å². The lowest BCUT2D eigenvalue weighted by atomic mass is 10.0. The summed E-state index contributed by atoms with van der Waals surface area (Å²) in [6.07, 6.45) is 16.3. The number of carbonyl (C=O) groups is 2. The maximum absolute atomic E-state index is 11.7. The molecule has 6 nitrogen and oxygen atoms in total. The van der Waals surface area contributed by atoms with E-state index >= 15 is 0 Å². The molecule has 0 aliphatic heterocycles. The summed E-state index contributed by atoms with van der Waals surface area (Å²) in [6, 6.07) is 15.2. The zero-order valence-electron chi connectivity index (χ0n) is 26.4. The van der Waals surface area contributed by atoms with Gasteiger partial charge in [-0.05, 0) is 61.1 Å². The number of ether oxygens (including phenoxy) is 3. The van der Waals surface area contributed by atoms with Crippen LogP contribution in [-0.4, -0.2) is 37.4 Å². The summed E-state index contributed by atoms with van der Waals surface area (Å²) >= 11 is 0. The zero-order valence-corrected chi connectivity index (χ0v) is 26.4. The predicted molar refractivity (Wildman–Crippen MR) is 172 cm³/mol. The van der Waals surface area contributed by atoms with Crippen molar-refractivity contribution in [3.63, 3.8) is 0 Å². The molecule has 232 valence electrons. The molecule has 0 aromatic heterocycles. The third kappa shape index (κ3) is 17.3. The summed E-state index contributed by atoms with van der Waals surface area (Å²) in [5.74, 6) is 0.00876. The van der Waals surface area contributed by atoms with Crippen LogP contribution in [-0.2, 0) is 19.1 Å². The predicted octanol–water partition coefficient (Wildman–Crippen LogP) is 9.27. The maximum atomic E-state index is 11.7. The molecule has 0 spiro atoms. The monoisotopic (exact) mass is 580 g/mol. The van der Waals surface area contributed by atoms with Gasteiger partial charge in [0.15, 0.2) is 0 Å². The van der Waals surface area contributed by atoms with Crippen molar-refractivity contribution >= 4 is 24.1 Å². The van der Waals surface area contributed by atoms with Crippen LogP contribution in [0.5, 0.6) is 5.75 Å². The van der Waals surface area contributed by atoms with Crippen LogP contribution < -0.4 is 4.74 Å². The van der Waals surface area contributed by atoms with E-state index in [-0.39, 0.29) is 11.7 Å². The van der Waals surface area contributed by atoms with E-state index in [4.69, 9.17) is 19.3 Å². The second-order valence-electron chi connectivity index (χ2n) is 10.5. The molecule has 0 radical (unpaired) electrons. The molecule has 0 aliphatic carbocycles. The van der Waals surface area contributed by atoms with Crippen LogP contribution in [0.2, 0.25) is 0 Å². The maximum Gasteiger partial charge on any atom is 0.371 e. The first-order valence-corrected chi connectivity index (χ1v) is 15.5. The first-order chi connectivity index (χ1) is 20.3. The lowest BCUT2D eigenvalue weighted by Crippen LogP contribution is -2.12. The Balaban J connectivity index is 0.000000420. The van der Waals surface area contributed by atoms with Gasteiger partial charge in [0.1, 0.15) is 5.75 Å². The van der Waals surface area contributed by atoms with E-state index in [1.807, 2.05) is 55.5 Å². The Hall–Kier alpha value is -3.54. The van der Waals surface area contributed by atoms with Gasteiger partial charge in [0, 0.05) is 6.08 Å². The molecule has 1 atom stereocenters. The van der Waals surface area contributed by atoms with Crippen molar-refractivity contribution < 1.29 is 28.9 Å². The Morgan fingerprint density at radius 3 is 2.02 bits per heavy atom. The first kappa shape index (κ1) is 36.5. The Labute approximate surface area is 253 Å². The summed E-state index contributed by atoms with van der Waals surface area (Å²) < 4.78 is 15.8. The number of benzene rings is 2. The highest BCUT2D eigenvalue weighted by molar-refractivity contribution is 5.89. The van der Waals surface area contributed by atoms with Crippen LogP contribution in [0, 0.1) is 12.8 Å². The van der Waals surface area contributed by atoms with Crippen LogP contribution >= 0.6 is 0 Å². The van der Waals surface area contributed by atoms with Crippen LogP contribution in [0.1, 0.15) is 102 Å². The van der Waals surface area contributed by atoms with Crippen LogP contribution in [0.15, 0.2) is 60.4 Å². The molecule has 42 heavy (non-hydrogen) atoms. The number of hydrogen-bond acceptors (Lipinski definition) is 5. The molecule has 0 fully saturated rings. The van der Waals surface area contributed by atoms with Crippen molar-refractivity contribution in [2.75, 3.05) is 20.3 Å². The van der Waals surface area contributed by atoms with Crippen molar-refractivity contribution in [1.29, 1.82) is 0 Å². The minimum atomic E-state index is -1.01. The molecule has 1 unspecified atom stereocenters. The normalized spacial score (nSPS) is 11.9. The Morgan fingerprint density at radius 1 is 0.810 bits per heavy atom. The van der Waals surface area contributed by atoms with Crippen molar-refractivity contribution in [2.45, 2.75) is 91.9 Å². The highest BCUT2D eigenvalue weighted by Crippen LogP contribution is 2.15. The Morgan fingerprint density at radius 2 is 1.43 bits per heavy atom. The summed E-state index contributed by atoms with van der Waals surface area (Å²) in [5, 5.41) is 9.17. The van der Waals surface area contributed by atoms with Gasteiger partial charge in [-0.25, -0.2) is 9.59 Å². The van der Waals surface area contributed by atoms with Gasteiger partial charge >= 0.3 is 11.9 Å². The lowest BCUT2D eigenvalue weighted by molar-refractivity contribution is -0.139. The van der Waals surface area contributed by atoms with Crippen molar-refractivity contribution in [1.82, 2.24) is 0 Å². The molecule has 0 bridgehead atoms. The first-order valence-electron chi connectivity index (χ1n) is 15.5. The number of aliphatic carboxylic acids is 1. The number of unbranched alkanes of at least 4 members (excludes halogenated alkanes) is 6. The molecule has 6 heteroatoms. The largest absolute Gasteiger partial charge is 0.497 e. The van der Waals surface area contributed by atoms with E-state index in [1.165, 1.54) is 44.6 Å². The summed E-state index contributed by atoms with van der Waals surface area (Å²) in [5.41, 5.74) is 2.95. The average molecular weight is 581 g/mol. The van der Waals surface area contributed by atoms with Gasteiger partial charge in [-0.1, -0.05) is 114 Å². The number of hydrogen-bond donors (Lipinski definition) is 1. The van der Waals surface area contributed by atoms with Gasteiger partial charge in [0.25, 0.3) is 0 Å². The van der Waals surface area contributed by atoms with E-state index in [0.717, 1.165) is 48.1 Å². The second kappa shape index (κ2) is 23.1. The SMILES string of the molecule is CCCCC(CC)COC(=O)C=Cc1ccc(OC)cc1.CCCCCCCCOC(=Cc1ccc(C)cc1)C(=O)O. The fourth-order valence-corrected chi connectivity index (χ4v) is 4.07. The molecule has 1 N–H and O–H groups in total. The topological polar surface area (TPSA) is 82.1 Å². The molecular weight excluding hydrogens is 528 g/mol. The quantitative estimate of drug-likeness (QED) is 0.0772. The fraction of sp³-hybridized carbons (Fsp3) is 0.500. The molecule has 0 heterocycles. The number of methoxy groups -OCH3 is 1. The van der Waals surface area contributed by atoms with Gasteiger partial charge in [-0.3, -0.25) is 0 Å². The molecule has 0 amide bonds. The Bertz CT molecular complexity index is 1050. The highest BCUT2D eigenvalue weighted by atomic mass is 16.5. The summed E-state index contributed by atoms with van der Waals surface area (Å²) in [6.45, 7) is 9.49. The van der Waals surface area contributed by atoms with Crippen LogP contribution in [0.4, 0.5) is 0 Å². The van der Waals surface area contributed by atoms with E-state index in [1.54, 1.807) is 19.3 Å². The van der Waals surface area contributed by atoms with Gasteiger partial charge in [0.05, 0.1) is 20.3 Å². The number of aryl methyl sites for hydroxylation is 1. The minimum absolute atomic E-state index is 0.0208. The van der Waals surface area contributed by atoms with Gasteiger partial charge in [0.2, 0.25) is 5.76 Å². The van der Waals surface area contributed by atoms with Gasteiger partial charge in [-0.15, -0.1) is 0 Å². The van der Waals surface area contributed by atoms with Gasteiger partial charge < -0.3 is 19.3 Å². The average Bonchev–Trinajstić information content (AvgIpc) is 3.00. The zero-order chi connectivity index (χ0) is 31.0. The van der Waals surface area contributed by atoms with Gasteiger partial charge in [-0.2, -0.15) is 0 Å². The number of carboxylic acids is 1. The summed E-state index contributed by atoms with van der Waals surface area (Å²) in [7, 11) is 1.63.